The van der Waals surface area contributed by atoms with Gasteiger partial charge in [-0.1, -0.05) is 0 Å². The van der Waals surface area contributed by atoms with Crippen LogP contribution in [0.2, 0.25) is 0 Å². The van der Waals surface area contributed by atoms with Gasteiger partial charge in [-0.25, -0.2) is 5.53 Å². The summed E-state index contributed by atoms with van der Waals surface area (Å²) in [7, 11) is 0. The van der Waals surface area contributed by atoms with Crippen LogP contribution in [0.25, 0.3) is 0 Å². The molecule has 164 valence electrons. The van der Waals surface area contributed by atoms with Gasteiger partial charge >= 0.3 is 0 Å². The first-order chi connectivity index (χ1) is 14.9. The van der Waals surface area contributed by atoms with E-state index in [1.54, 1.807) is 31.3 Å². The maximum atomic E-state index is 12.7. The molecule has 0 spiro atoms. The number of nitrogens with one attached hydrogen (secondary N) is 4. The minimum absolute atomic E-state index is 0.0820. The number of aryl methyl sites for hydroxylation is 1. The van der Waals surface area contributed by atoms with Crippen LogP contribution in [0.1, 0.15) is 35.8 Å². The number of nitrogens with zero attached hydrogens (tertiary/aromatic N) is 3. The second kappa shape index (κ2) is 10.5. The number of anilines is 1. The fourth-order valence-electron chi connectivity index (χ4n) is 3.49. The third kappa shape index (κ3) is 5.86. The monoisotopic (exact) mass is 487 g/mol. The molecule has 9 nitrogen and oxygen atoms in total. The Bertz CT molecular complexity index is 970. The number of rotatable bonds is 7. The maximum Gasteiger partial charge on any atom is 0.278 e. The Labute approximate surface area is 189 Å². The van der Waals surface area contributed by atoms with Gasteiger partial charge in [0.25, 0.3) is 11.8 Å². The Morgan fingerprint density at radius 2 is 2.23 bits per heavy atom. The molecule has 31 heavy (non-hydrogen) atoms. The van der Waals surface area contributed by atoms with E-state index in [1.807, 2.05) is 0 Å². The topological polar surface area (TPSA) is 123 Å². The van der Waals surface area contributed by atoms with E-state index in [1.165, 1.54) is 19.0 Å². The normalized spacial score (nSPS) is 20.0. The molecule has 0 bridgehead atoms. The summed E-state index contributed by atoms with van der Waals surface area (Å²) in [6.07, 6.45) is 8.91. The van der Waals surface area contributed by atoms with Gasteiger partial charge in [-0.15, -0.1) is 0 Å². The first kappa shape index (κ1) is 22.8. The van der Waals surface area contributed by atoms with E-state index in [9.17, 15) is 9.59 Å². The average molecular weight is 488 g/mol. The van der Waals surface area contributed by atoms with Crippen LogP contribution in [-0.2, 0) is 4.79 Å². The van der Waals surface area contributed by atoms with Gasteiger partial charge in [0.05, 0.1) is 22.6 Å². The summed E-state index contributed by atoms with van der Waals surface area (Å²) in [4.78, 5) is 31.8. The van der Waals surface area contributed by atoms with Crippen molar-refractivity contribution in [3.63, 3.8) is 0 Å². The molecule has 0 radical (unpaired) electrons. The summed E-state index contributed by atoms with van der Waals surface area (Å²) in [5.41, 5.74) is 9.00. The second-order valence-corrected chi connectivity index (χ2v) is 8.39. The van der Waals surface area contributed by atoms with Crippen LogP contribution in [0.5, 0.6) is 0 Å². The molecule has 2 amide bonds. The molecule has 2 aliphatic rings. The zero-order chi connectivity index (χ0) is 22.4. The maximum absolute atomic E-state index is 12.7. The van der Waals surface area contributed by atoms with E-state index in [-0.39, 0.29) is 11.6 Å². The molecule has 2 aliphatic heterocycles. The predicted octanol–water partition coefficient (Wildman–Crippen LogP) is 3.18. The Kier molecular flexibility index (Phi) is 7.69. The Balaban J connectivity index is 1.65. The molecule has 1 atom stereocenters. The molecule has 10 heteroatoms. The van der Waals surface area contributed by atoms with Crippen molar-refractivity contribution in [2.75, 3.05) is 25.0 Å². The van der Waals surface area contributed by atoms with Gasteiger partial charge in [0, 0.05) is 36.0 Å². The standard InChI is InChI=1S/C21H26BrN7O2/c1-13-4-3-8-29(13)9-7-24-20(30)15-10-18(14(2)25-11-15)27-21(31)19(28-23)17-6-5-16(22)12-26-17/h5-6,10-13,23,26H,3-4,7-9H2,1-2H3,(H,24,30)(H,27,31)/b19-17-,28-23?/t13-/m1/s1. The van der Waals surface area contributed by atoms with Gasteiger partial charge in [0.1, 0.15) is 0 Å². The highest BCUT2D eigenvalue weighted by Gasteiger charge is 2.20. The predicted molar refractivity (Wildman–Crippen MR) is 122 cm³/mol. The van der Waals surface area contributed by atoms with Crippen molar-refractivity contribution in [3.8, 4) is 0 Å². The Morgan fingerprint density at radius 3 is 2.87 bits per heavy atom. The van der Waals surface area contributed by atoms with Crippen molar-refractivity contribution in [1.82, 2.24) is 20.5 Å². The van der Waals surface area contributed by atoms with Crippen molar-refractivity contribution < 1.29 is 9.59 Å². The zero-order valence-corrected chi connectivity index (χ0v) is 19.1. The van der Waals surface area contributed by atoms with Gasteiger partial charge in [0.2, 0.25) is 0 Å². The number of carbonyl (C=O) groups excluding carboxylic acids is 2. The number of carbonyl (C=O) groups is 2. The minimum Gasteiger partial charge on any atom is -0.359 e. The number of hydrogen-bond donors (Lipinski definition) is 4. The number of amides is 2. The van der Waals surface area contributed by atoms with Gasteiger partial charge in [-0.2, -0.15) is 5.11 Å². The first-order valence-electron chi connectivity index (χ1n) is 10.1. The lowest BCUT2D eigenvalue weighted by Crippen LogP contribution is -2.36. The molecule has 0 saturated carbocycles. The number of pyridine rings is 1. The van der Waals surface area contributed by atoms with Gasteiger partial charge in [-0.05, 0) is 67.4 Å². The van der Waals surface area contributed by atoms with Gasteiger partial charge in [-0.3, -0.25) is 19.5 Å². The van der Waals surface area contributed by atoms with Crippen LogP contribution in [0, 0.1) is 12.5 Å². The second-order valence-electron chi connectivity index (χ2n) is 7.48. The molecule has 0 aliphatic carbocycles. The van der Waals surface area contributed by atoms with Crippen molar-refractivity contribution in [3.05, 3.63) is 57.7 Å². The summed E-state index contributed by atoms with van der Waals surface area (Å²) < 4.78 is 0.805. The van der Waals surface area contributed by atoms with Crippen LogP contribution in [0.3, 0.4) is 0 Å². The zero-order valence-electron chi connectivity index (χ0n) is 17.5. The van der Waals surface area contributed by atoms with Crippen molar-refractivity contribution in [1.29, 1.82) is 5.53 Å². The molecule has 1 fully saturated rings. The Hall–Kier alpha value is -2.85. The van der Waals surface area contributed by atoms with E-state index >= 15 is 0 Å². The molecule has 1 saturated heterocycles. The van der Waals surface area contributed by atoms with Gasteiger partial charge < -0.3 is 16.0 Å². The molecule has 0 aromatic carbocycles. The molecule has 3 heterocycles. The third-order valence-electron chi connectivity index (χ3n) is 5.33. The lowest BCUT2D eigenvalue weighted by molar-refractivity contribution is -0.113. The fourth-order valence-corrected chi connectivity index (χ4v) is 3.74. The van der Waals surface area contributed by atoms with Crippen molar-refractivity contribution >= 4 is 33.4 Å². The number of hydrogen-bond acceptors (Lipinski definition) is 7. The summed E-state index contributed by atoms with van der Waals surface area (Å²) in [5.74, 6) is -0.815. The highest BCUT2D eigenvalue weighted by atomic mass is 79.9. The number of dihydropyridines is 1. The van der Waals surface area contributed by atoms with Crippen LogP contribution < -0.4 is 16.0 Å². The van der Waals surface area contributed by atoms with E-state index in [2.05, 4.69) is 53.8 Å². The molecular weight excluding hydrogens is 462 g/mol. The third-order valence-corrected chi connectivity index (χ3v) is 5.82. The molecular formula is C21H26BrN7O2. The Morgan fingerprint density at radius 1 is 1.42 bits per heavy atom. The molecule has 3 rings (SSSR count). The van der Waals surface area contributed by atoms with Crippen LogP contribution in [0.4, 0.5) is 5.69 Å². The first-order valence-corrected chi connectivity index (χ1v) is 10.9. The van der Waals surface area contributed by atoms with Crippen molar-refractivity contribution in [2.24, 2.45) is 5.11 Å². The summed E-state index contributed by atoms with van der Waals surface area (Å²) >= 11 is 3.31. The van der Waals surface area contributed by atoms with Crippen LogP contribution in [-0.4, -0.2) is 47.4 Å². The largest absolute Gasteiger partial charge is 0.359 e. The van der Waals surface area contributed by atoms with E-state index in [0.29, 0.717) is 35.2 Å². The molecule has 0 unspecified atom stereocenters. The fraction of sp³-hybridized carbons (Fsp3) is 0.381. The smallest absolute Gasteiger partial charge is 0.278 e. The van der Waals surface area contributed by atoms with Crippen LogP contribution in [0.15, 0.2) is 51.6 Å². The SMILES string of the molecule is Cc1ncc(C(=O)NCCN2CCC[C@H]2C)cc1NC(=O)/C(N=N)=C1\C=CC(Br)=CN1. The number of aromatic nitrogens is 1. The molecule has 4 N–H and O–H groups in total. The van der Waals surface area contributed by atoms with Crippen LogP contribution >= 0.6 is 15.9 Å². The van der Waals surface area contributed by atoms with E-state index in [0.717, 1.165) is 17.6 Å². The van der Waals surface area contributed by atoms with Crippen molar-refractivity contribution in [2.45, 2.75) is 32.7 Å². The van der Waals surface area contributed by atoms with E-state index < -0.39 is 5.91 Å². The number of allylic oxidation sites excluding steroid dienone is 3. The average Bonchev–Trinajstić information content (AvgIpc) is 3.16. The lowest BCUT2D eigenvalue weighted by Gasteiger charge is -2.20. The molecule has 1 aromatic heterocycles. The molecule has 1 aromatic rings. The summed E-state index contributed by atoms with van der Waals surface area (Å²) in [6, 6.07) is 2.14. The highest BCUT2D eigenvalue weighted by molar-refractivity contribution is 9.11. The highest BCUT2D eigenvalue weighted by Crippen LogP contribution is 2.19. The quantitative estimate of drug-likeness (QED) is 0.347. The number of likely N-dealkylation sites (tertiary alicyclic amines) is 1. The summed E-state index contributed by atoms with van der Waals surface area (Å²) in [6.45, 7) is 6.36. The van der Waals surface area contributed by atoms with E-state index in [4.69, 9.17) is 5.53 Å². The lowest BCUT2D eigenvalue weighted by atomic mass is 10.2. The number of halogens is 1. The van der Waals surface area contributed by atoms with Gasteiger partial charge in [0.15, 0.2) is 5.70 Å². The minimum atomic E-state index is -0.570. The summed E-state index contributed by atoms with van der Waals surface area (Å²) in [5, 5.41) is 11.9.